The lowest BCUT2D eigenvalue weighted by Gasteiger charge is -2.36. The Bertz CT molecular complexity index is 319. The number of carbonyl (C=O) groups is 1. The molecule has 2 aliphatic rings. The third-order valence-corrected chi connectivity index (χ3v) is 4.72. The van der Waals surface area contributed by atoms with E-state index in [9.17, 15) is 4.79 Å². The highest BCUT2D eigenvalue weighted by molar-refractivity contribution is 5.81. The molecule has 4 nitrogen and oxygen atoms in total. The van der Waals surface area contributed by atoms with Crippen LogP contribution in [0, 0.1) is 5.92 Å². The number of carbonyl (C=O) groups excluding carboxylic acids is 1. The molecule has 0 aromatic rings. The molecule has 2 saturated heterocycles. The SMILES string of the molecule is CC(C)CCNC(=O)C(C)NC1CCN2CCCC2C1. The van der Waals surface area contributed by atoms with Gasteiger partial charge in [-0.05, 0) is 58.0 Å². The maximum atomic E-state index is 12.0. The van der Waals surface area contributed by atoms with Crippen molar-refractivity contribution < 1.29 is 4.79 Å². The summed E-state index contributed by atoms with van der Waals surface area (Å²) in [5.41, 5.74) is 0. The first kappa shape index (κ1) is 15.8. The van der Waals surface area contributed by atoms with Crippen LogP contribution in [0.3, 0.4) is 0 Å². The molecule has 116 valence electrons. The number of fused-ring (bicyclic) bond motifs is 1. The van der Waals surface area contributed by atoms with Gasteiger partial charge >= 0.3 is 0 Å². The third-order valence-electron chi connectivity index (χ3n) is 4.72. The van der Waals surface area contributed by atoms with Gasteiger partial charge < -0.3 is 15.5 Å². The monoisotopic (exact) mass is 281 g/mol. The van der Waals surface area contributed by atoms with E-state index in [1.165, 1.54) is 38.8 Å². The molecule has 2 N–H and O–H groups in total. The summed E-state index contributed by atoms with van der Waals surface area (Å²) in [5.74, 6) is 0.796. The van der Waals surface area contributed by atoms with Crippen molar-refractivity contribution in [1.82, 2.24) is 15.5 Å². The van der Waals surface area contributed by atoms with Gasteiger partial charge in [-0.2, -0.15) is 0 Å². The Morgan fingerprint density at radius 2 is 2.05 bits per heavy atom. The predicted octanol–water partition coefficient (Wildman–Crippen LogP) is 1.75. The van der Waals surface area contributed by atoms with E-state index in [0.717, 1.165) is 19.0 Å². The fourth-order valence-electron chi connectivity index (χ4n) is 3.44. The summed E-state index contributed by atoms with van der Waals surface area (Å²) >= 11 is 0. The minimum Gasteiger partial charge on any atom is -0.355 e. The Balaban J connectivity index is 1.68. The second-order valence-electron chi connectivity index (χ2n) is 6.92. The highest BCUT2D eigenvalue weighted by Gasteiger charge is 2.32. The lowest BCUT2D eigenvalue weighted by atomic mass is 9.97. The number of piperidine rings is 1. The first-order valence-electron chi connectivity index (χ1n) is 8.34. The van der Waals surface area contributed by atoms with Crippen LogP contribution in [0.5, 0.6) is 0 Å². The zero-order valence-corrected chi connectivity index (χ0v) is 13.3. The number of amides is 1. The molecule has 0 radical (unpaired) electrons. The summed E-state index contributed by atoms with van der Waals surface area (Å²) in [6.45, 7) is 9.63. The fourth-order valence-corrected chi connectivity index (χ4v) is 3.44. The van der Waals surface area contributed by atoms with Crippen LogP contribution in [-0.2, 0) is 4.79 Å². The van der Waals surface area contributed by atoms with E-state index in [1.54, 1.807) is 0 Å². The zero-order valence-electron chi connectivity index (χ0n) is 13.3. The van der Waals surface area contributed by atoms with Crippen molar-refractivity contribution >= 4 is 5.91 Å². The largest absolute Gasteiger partial charge is 0.355 e. The van der Waals surface area contributed by atoms with Crippen molar-refractivity contribution in [2.24, 2.45) is 5.92 Å². The summed E-state index contributed by atoms with van der Waals surface area (Å²) in [7, 11) is 0. The molecule has 3 atom stereocenters. The first-order valence-corrected chi connectivity index (χ1v) is 8.34. The highest BCUT2D eigenvalue weighted by atomic mass is 16.2. The zero-order chi connectivity index (χ0) is 14.5. The molecule has 0 bridgehead atoms. The van der Waals surface area contributed by atoms with Crippen molar-refractivity contribution in [1.29, 1.82) is 0 Å². The Labute approximate surface area is 123 Å². The lowest BCUT2D eigenvalue weighted by Crippen LogP contribution is -2.52. The number of nitrogens with zero attached hydrogens (tertiary/aromatic N) is 1. The third kappa shape index (κ3) is 4.45. The van der Waals surface area contributed by atoms with Crippen LogP contribution in [0.2, 0.25) is 0 Å². The van der Waals surface area contributed by atoms with Crippen molar-refractivity contribution in [3.8, 4) is 0 Å². The summed E-state index contributed by atoms with van der Waals surface area (Å²) < 4.78 is 0. The van der Waals surface area contributed by atoms with E-state index in [-0.39, 0.29) is 11.9 Å². The topological polar surface area (TPSA) is 44.4 Å². The predicted molar refractivity (Wildman–Crippen MR) is 82.7 cm³/mol. The fraction of sp³-hybridized carbons (Fsp3) is 0.938. The molecule has 4 heteroatoms. The molecule has 1 amide bonds. The highest BCUT2D eigenvalue weighted by Crippen LogP contribution is 2.26. The molecule has 0 saturated carbocycles. The second-order valence-corrected chi connectivity index (χ2v) is 6.92. The van der Waals surface area contributed by atoms with Crippen LogP contribution < -0.4 is 10.6 Å². The number of hydrogen-bond donors (Lipinski definition) is 2. The summed E-state index contributed by atoms with van der Waals surface area (Å²) in [6, 6.07) is 1.21. The normalized spacial score (nSPS) is 28.4. The standard InChI is InChI=1S/C16H31N3O/c1-12(2)6-8-17-16(20)13(3)18-14-7-10-19-9-4-5-15(19)11-14/h12-15,18H,4-11H2,1-3H3,(H,17,20). The minimum absolute atomic E-state index is 0.0693. The van der Waals surface area contributed by atoms with Crippen molar-refractivity contribution in [2.75, 3.05) is 19.6 Å². The van der Waals surface area contributed by atoms with Crippen molar-refractivity contribution in [2.45, 2.75) is 71.0 Å². The second kappa shape index (κ2) is 7.41. The van der Waals surface area contributed by atoms with Crippen LogP contribution in [-0.4, -0.2) is 48.6 Å². The minimum atomic E-state index is -0.0693. The Kier molecular flexibility index (Phi) is 5.85. The van der Waals surface area contributed by atoms with Crippen LogP contribution in [0.25, 0.3) is 0 Å². The Morgan fingerprint density at radius 3 is 2.80 bits per heavy atom. The van der Waals surface area contributed by atoms with E-state index < -0.39 is 0 Å². The molecule has 0 spiro atoms. The Hall–Kier alpha value is -0.610. The molecular weight excluding hydrogens is 250 g/mol. The molecule has 2 aliphatic heterocycles. The van der Waals surface area contributed by atoms with Gasteiger partial charge in [0.1, 0.15) is 0 Å². The molecule has 0 aliphatic carbocycles. The van der Waals surface area contributed by atoms with Crippen LogP contribution in [0.15, 0.2) is 0 Å². The maximum Gasteiger partial charge on any atom is 0.236 e. The number of hydrogen-bond acceptors (Lipinski definition) is 3. The molecule has 2 heterocycles. The molecule has 20 heavy (non-hydrogen) atoms. The van der Waals surface area contributed by atoms with Gasteiger partial charge in [0.25, 0.3) is 0 Å². The van der Waals surface area contributed by atoms with E-state index in [0.29, 0.717) is 12.0 Å². The van der Waals surface area contributed by atoms with Gasteiger partial charge in [0, 0.05) is 18.6 Å². The molecule has 2 fully saturated rings. The molecule has 0 aromatic heterocycles. The van der Waals surface area contributed by atoms with Gasteiger partial charge in [0.15, 0.2) is 0 Å². The number of rotatable bonds is 6. The number of nitrogens with one attached hydrogen (secondary N) is 2. The summed E-state index contributed by atoms with van der Waals surface area (Å²) in [5, 5.41) is 6.57. The summed E-state index contributed by atoms with van der Waals surface area (Å²) in [6.07, 6.45) is 6.14. The van der Waals surface area contributed by atoms with E-state index in [1.807, 2.05) is 6.92 Å². The van der Waals surface area contributed by atoms with Gasteiger partial charge in [-0.3, -0.25) is 4.79 Å². The lowest BCUT2D eigenvalue weighted by molar-refractivity contribution is -0.123. The van der Waals surface area contributed by atoms with Gasteiger partial charge in [-0.1, -0.05) is 13.8 Å². The average Bonchev–Trinajstić information content (AvgIpc) is 2.85. The van der Waals surface area contributed by atoms with E-state index in [2.05, 4.69) is 29.4 Å². The van der Waals surface area contributed by atoms with E-state index >= 15 is 0 Å². The maximum absolute atomic E-state index is 12.0. The molecule has 2 rings (SSSR count). The van der Waals surface area contributed by atoms with Crippen LogP contribution in [0.1, 0.15) is 52.9 Å². The van der Waals surface area contributed by atoms with E-state index in [4.69, 9.17) is 0 Å². The molecule has 3 unspecified atom stereocenters. The quantitative estimate of drug-likeness (QED) is 0.779. The van der Waals surface area contributed by atoms with Crippen molar-refractivity contribution in [3.05, 3.63) is 0 Å². The van der Waals surface area contributed by atoms with Gasteiger partial charge in [-0.15, -0.1) is 0 Å². The Morgan fingerprint density at radius 1 is 1.25 bits per heavy atom. The van der Waals surface area contributed by atoms with Crippen molar-refractivity contribution in [3.63, 3.8) is 0 Å². The van der Waals surface area contributed by atoms with Gasteiger partial charge in [-0.25, -0.2) is 0 Å². The van der Waals surface area contributed by atoms with Gasteiger partial charge in [0.05, 0.1) is 6.04 Å². The first-order chi connectivity index (χ1) is 9.56. The molecular formula is C16H31N3O. The van der Waals surface area contributed by atoms with Crippen LogP contribution >= 0.6 is 0 Å². The smallest absolute Gasteiger partial charge is 0.236 e. The molecule has 0 aromatic carbocycles. The average molecular weight is 281 g/mol. The van der Waals surface area contributed by atoms with Crippen LogP contribution in [0.4, 0.5) is 0 Å². The summed E-state index contributed by atoms with van der Waals surface area (Å²) in [4.78, 5) is 14.7. The van der Waals surface area contributed by atoms with Gasteiger partial charge in [0.2, 0.25) is 5.91 Å².